The molecule has 4 aromatic rings. The van der Waals surface area contributed by atoms with Crippen LogP contribution in [0.4, 0.5) is 4.39 Å². The summed E-state index contributed by atoms with van der Waals surface area (Å²) in [6, 6.07) is 17.8. The number of hydrogen-bond donors (Lipinski definition) is 0. The summed E-state index contributed by atoms with van der Waals surface area (Å²) in [6.07, 6.45) is 0. The number of benzene rings is 3. The minimum Gasteiger partial charge on any atom is -0.481 e. The van der Waals surface area contributed by atoms with E-state index < -0.39 is 5.82 Å². The van der Waals surface area contributed by atoms with Crippen molar-refractivity contribution < 1.29 is 13.5 Å². The molecule has 140 valence electrons. The van der Waals surface area contributed by atoms with Crippen LogP contribution in [0, 0.1) is 5.82 Å². The molecule has 0 aliphatic rings. The van der Waals surface area contributed by atoms with Crippen LogP contribution in [0.3, 0.4) is 0 Å². The predicted molar refractivity (Wildman–Crippen MR) is 109 cm³/mol. The van der Waals surface area contributed by atoms with E-state index in [4.69, 9.17) is 32.4 Å². The van der Waals surface area contributed by atoms with Gasteiger partial charge in [-0.3, -0.25) is 4.79 Å². The van der Waals surface area contributed by atoms with Gasteiger partial charge in [-0.15, -0.1) is 0 Å². The van der Waals surface area contributed by atoms with E-state index in [2.05, 4.69) is 0 Å². The number of hydrogen-bond acceptors (Lipinski definition) is 3. The maximum Gasteiger partial charge on any atom is 0.235 e. The largest absolute Gasteiger partial charge is 0.481 e. The van der Waals surface area contributed by atoms with E-state index >= 15 is 0 Å². The lowest BCUT2D eigenvalue weighted by atomic mass is 10.1. The molecule has 0 amide bonds. The van der Waals surface area contributed by atoms with E-state index in [0.717, 1.165) is 0 Å². The van der Waals surface area contributed by atoms with Crippen LogP contribution < -0.4 is 10.2 Å². The molecule has 28 heavy (non-hydrogen) atoms. The highest BCUT2D eigenvalue weighted by Gasteiger charge is 2.18. The third-order valence-electron chi connectivity index (χ3n) is 4.25. The molecule has 0 spiro atoms. The van der Waals surface area contributed by atoms with Crippen LogP contribution in [0.5, 0.6) is 5.75 Å². The molecule has 0 saturated heterocycles. The predicted octanol–water partition coefficient (Wildman–Crippen LogP) is 6.48. The van der Waals surface area contributed by atoms with Crippen molar-refractivity contribution in [1.29, 1.82) is 0 Å². The molecule has 0 atom stereocenters. The van der Waals surface area contributed by atoms with Crippen molar-refractivity contribution in [2.45, 2.75) is 6.61 Å². The van der Waals surface area contributed by atoms with Gasteiger partial charge in [-0.1, -0.05) is 41.4 Å². The zero-order chi connectivity index (χ0) is 19.7. The van der Waals surface area contributed by atoms with Gasteiger partial charge in [-0.25, -0.2) is 4.39 Å². The molecule has 0 aliphatic carbocycles. The average Bonchev–Trinajstić information content (AvgIpc) is 2.69. The van der Waals surface area contributed by atoms with E-state index in [1.165, 1.54) is 12.1 Å². The topological polar surface area (TPSA) is 39.4 Å². The number of halogens is 3. The normalized spacial score (nSPS) is 11.0. The number of ether oxygens (including phenoxy) is 1. The molecule has 0 radical (unpaired) electrons. The smallest absolute Gasteiger partial charge is 0.235 e. The van der Waals surface area contributed by atoms with Crippen LogP contribution in [0.15, 0.2) is 75.9 Å². The summed E-state index contributed by atoms with van der Waals surface area (Å²) in [4.78, 5) is 13.1. The average molecular weight is 415 g/mol. The molecule has 1 heterocycles. The van der Waals surface area contributed by atoms with Gasteiger partial charge in [0.15, 0.2) is 5.76 Å². The second-order valence-corrected chi connectivity index (χ2v) is 6.99. The zero-order valence-electron chi connectivity index (χ0n) is 14.4. The first kappa shape index (κ1) is 18.5. The Labute approximate surface area is 169 Å². The highest BCUT2D eigenvalue weighted by atomic mass is 35.5. The van der Waals surface area contributed by atoms with Gasteiger partial charge in [0, 0.05) is 21.2 Å². The first-order valence-corrected chi connectivity index (χ1v) is 9.17. The Morgan fingerprint density at radius 3 is 2.39 bits per heavy atom. The SMILES string of the molecule is O=c1c(OCc2ccccc2F)c(-c2ccc(Cl)cc2)oc2ccc(Cl)cc12. The zero-order valence-corrected chi connectivity index (χ0v) is 15.9. The lowest BCUT2D eigenvalue weighted by Crippen LogP contribution is -2.11. The molecule has 0 saturated carbocycles. The third kappa shape index (κ3) is 3.61. The molecule has 6 heteroatoms. The Morgan fingerprint density at radius 1 is 0.929 bits per heavy atom. The Kier molecular flexibility index (Phi) is 5.07. The molecule has 0 unspecified atom stereocenters. The van der Waals surface area contributed by atoms with Gasteiger partial charge in [-0.05, 0) is 48.5 Å². The molecule has 1 aromatic heterocycles. The van der Waals surface area contributed by atoms with Gasteiger partial charge in [0.05, 0.1) is 5.39 Å². The van der Waals surface area contributed by atoms with Crippen molar-refractivity contribution in [3.05, 3.63) is 98.4 Å². The molecule has 3 nitrogen and oxygen atoms in total. The highest BCUT2D eigenvalue weighted by Crippen LogP contribution is 2.33. The van der Waals surface area contributed by atoms with E-state index in [1.54, 1.807) is 54.6 Å². The van der Waals surface area contributed by atoms with Crippen molar-refractivity contribution in [2.75, 3.05) is 0 Å². The van der Waals surface area contributed by atoms with Gasteiger partial charge < -0.3 is 9.15 Å². The van der Waals surface area contributed by atoms with E-state index in [9.17, 15) is 9.18 Å². The lowest BCUT2D eigenvalue weighted by Gasteiger charge is -2.12. The molecule has 0 fully saturated rings. The van der Waals surface area contributed by atoms with E-state index in [0.29, 0.717) is 26.8 Å². The van der Waals surface area contributed by atoms with Crippen molar-refractivity contribution >= 4 is 34.2 Å². The van der Waals surface area contributed by atoms with Crippen molar-refractivity contribution in [3.63, 3.8) is 0 Å². The molecular formula is C22H13Cl2FO3. The van der Waals surface area contributed by atoms with Crippen molar-refractivity contribution in [1.82, 2.24) is 0 Å². The van der Waals surface area contributed by atoms with Gasteiger partial charge >= 0.3 is 0 Å². The third-order valence-corrected chi connectivity index (χ3v) is 4.73. The van der Waals surface area contributed by atoms with Crippen molar-refractivity contribution in [3.8, 4) is 17.1 Å². The summed E-state index contributed by atoms with van der Waals surface area (Å²) in [7, 11) is 0. The summed E-state index contributed by atoms with van der Waals surface area (Å²) in [6.45, 7) is -0.121. The quantitative estimate of drug-likeness (QED) is 0.383. The minimum atomic E-state index is -0.413. The Balaban J connectivity index is 1.87. The van der Waals surface area contributed by atoms with Crippen LogP contribution in [-0.4, -0.2) is 0 Å². The molecular weight excluding hydrogens is 402 g/mol. The maximum atomic E-state index is 14.0. The van der Waals surface area contributed by atoms with Gasteiger partial charge in [-0.2, -0.15) is 0 Å². The fourth-order valence-electron chi connectivity index (χ4n) is 2.84. The maximum absolute atomic E-state index is 14.0. The number of rotatable bonds is 4. The Morgan fingerprint density at radius 2 is 1.64 bits per heavy atom. The second-order valence-electron chi connectivity index (χ2n) is 6.12. The van der Waals surface area contributed by atoms with Crippen molar-refractivity contribution in [2.24, 2.45) is 0 Å². The second kappa shape index (κ2) is 7.66. The van der Waals surface area contributed by atoms with Crippen LogP contribution in [0.25, 0.3) is 22.3 Å². The van der Waals surface area contributed by atoms with Gasteiger partial charge in [0.1, 0.15) is 18.0 Å². The van der Waals surface area contributed by atoms with E-state index in [-0.39, 0.29) is 28.9 Å². The van der Waals surface area contributed by atoms with Crippen LogP contribution in [-0.2, 0) is 6.61 Å². The standard InChI is InChI=1S/C22H13Cl2FO3/c23-15-7-5-13(6-8-15)21-22(27-12-14-3-1-2-4-18(14)25)20(26)17-11-16(24)9-10-19(17)28-21/h1-11H,12H2. The molecule has 4 rings (SSSR count). The van der Waals surface area contributed by atoms with Crippen LogP contribution in [0.1, 0.15) is 5.56 Å². The first-order chi connectivity index (χ1) is 13.5. The molecule has 0 aliphatic heterocycles. The van der Waals surface area contributed by atoms with Gasteiger partial charge in [0.2, 0.25) is 11.2 Å². The Hall–Kier alpha value is -2.82. The Bertz CT molecular complexity index is 1220. The fourth-order valence-corrected chi connectivity index (χ4v) is 3.14. The monoisotopic (exact) mass is 414 g/mol. The minimum absolute atomic E-state index is 0.0136. The summed E-state index contributed by atoms with van der Waals surface area (Å²) in [5.41, 5.74) is 0.930. The summed E-state index contributed by atoms with van der Waals surface area (Å²) < 4.78 is 25.7. The van der Waals surface area contributed by atoms with Crippen LogP contribution in [0.2, 0.25) is 10.0 Å². The summed E-state index contributed by atoms with van der Waals surface area (Å²) in [5, 5.41) is 1.24. The summed E-state index contributed by atoms with van der Waals surface area (Å²) >= 11 is 12.0. The molecule has 3 aromatic carbocycles. The first-order valence-electron chi connectivity index (χ1n) is 8.41. The van der Waals surface area contributed by atoms with Crippen LogP contribution >= 0.6 is 23.2 Å². The summed E-state index contributed by atoms with van der Waals surface area (Å²) in [5.74, 6) is -0.183. The number of fused-ring (bicyclic) bond motifs is 1. The lowest BCUT2D eigenvalue weighted by molar-refractivity contribution is 0.292. The van der Waals surface area contributed by atoms with Gasteiger partial charge in [0.25, 0.3) is 0 Å². The van der Waals surface area contributed by atoms with E-state index in [1.807, 2.05) is 0 Å². The highest BCUT2D eigenvalue weighted by molar-refractivity contribution is 6.31. The fraction of sp³-hybridized carbons (Fsp3) is 0.0455. The molecule has 0 N–H and O–H groups in total. The molecule has 0 bridgehead atoms.